The first-order valence-electron chi connectivity index (χ1n) is 5.45. The van der Waals surface area contributed by atoms with E-state index in [1.807, 2.05) is 0 Å². The molecule has 0 bridgehead atoms. The van der Waals surface area contributed by atoms with Gasteiger partial charge in [0.2, 0.25) is 0 Å². The van der Waals surface area contributed by atoms with Crippen LogP contribution in [0, 0.1) is 0 Å². The molecule has 2 rings (SSSR count). The molecule has 8 heteroatoms. The molecule has 0 radical (unpaired) electrons. The van der Waals surface area contributed by atoms with E-state index in [0.717, 1.165) is 0 Å². The van der Waals surface area contributed by atoms with Gasteiger partial charge in [0.25, 0.3) is 11.8 Å². The molecule has 1 aromatic rings. The Hall–Kier alpha value is -2.22. The van der Waals surface area contributed by atoms with Crippen LogP contribution >= 0.6 is 15.9 Å². The van der Waals surface area contributed by atoms with Gasteiger partial charge in [-0.1, -0.05) is 15.9 Å². The molecule has 104 valence electrons. The van der Waals surface area contributed by atoms with Gasteiger partial charge >= 0.3 is 11.9 Å². The van der Waals surface area contributed by atoms with Crippen molar-refractivity contribution < 1.29 is 29.4 Å². The molecular weight excluding hydrogens is 334 g/mol. The molecule has 7 nitrogen and oxygen atoms in total. The summed E-state index contributed by atoms with van der Waals surface area (Å²) in [6, 6.07) is 2.60. The van der Waals surface area contributed by atoms with E-state index in [4.69, 9.17) is 10.2 Å². The molecule has 1 atom stereocenters. The van der Waals surface area contributed by atoms with Crippen LogP contribution in [0.15, 0.2) is 22.7 Å². The highest BCUT2D eigenvalue weighted by molar-refractivity contribution is 9.10. The predicted molar refractivity (Wildman–Crippen MR) is 68.3 cm³/mol. The lowest BCUT2D eigenvalue weighted by Gasteiger charge is -2.20. The highest BCUT2D eigenvalue weighted by atomic mass is 79.9. The lowest BCUT2D eigenvalue weighted by Crippen LogP contribution is -2.46. The molecule has 0 aromatic heterocycles. The molecule has 0 saturated carbocycles. The fourth-order valence-electron chi connectivity index (χ4n) is 1.97. The van der Waals surface area contributed by atoms with Crippen LogP contribution in [0.5, 0.6) is 0 Å². The minimum Gasteiger partial charge on any atom is -0.481 e. The number of aliphatic carboxylic acids is 2. The summed E-state index contributed by atoms with van der Waals surface area (Å²) in [5, 5.41) is 17.7. The monoisotopic (exact) mass is 341 g/mol. The fraction of sp³-hybridized carbons (Fsp3) is 0.167. The third-order valence-electron chi connectivity index (χ3n) is 2.84. The lowest BCUT2D eigenvalue weighted by atomic mass is 10.1. The summed E-state index contributed by atoms with van der Waals surface area (Å²) in [4.78, 5) is 46.5. The van der Waals surface area contributed by atoms with Gasteiger partial charge in [-0.05, 0) is 18.2 Å². The van der Waals surface area contributed by atoms with Crippen molar-refractivity contribution in [2.45, 2.75) is 12.5 Å². The van der Waals surface area contributed by atoms with Crippen LogP contribution in [0.1, 0.15) is 27.1 Å². The van der Waals surface area contributed by atoms with E-state index >= 15 is 0 Å². The molecule has 1 heterocycles. The minimum absolute atomic E-state index is 0.0565. The molecule has 0 saturated heterocycles. The Morgan fingerprint density at radius 1 is 1.15 bits per heavy atom. The van der Waals surface area contributed by atoms with E-state index in [0.29, 0.717) is 9.37 Å². The van der Waals surface area contributed by atoms with Crippen molar-refractivity contribution in [2.75, 3.05) is 0 Å². The van der Waals surface area contributed by atoms with Gasteiger partial charge in [0, 0.05) is 4.47 Å². The van der Waals surface area contributed by atoms with E-state index in [1.165, 1.54) is 12.1 Å². The molecule has 2 N–H and O–H groups in total. The van der Waals surface area contributed by atoms with Crippen molar-refractivity contribution in [3.63, 3.8) is 0 Å². The highest BCUT2D eigenvalue weighted by Gasteiger charge is 2.43. The number of carbonyl (C=O) groups excluding carboxylic acids is 2. The summed E-state index contributed by atoms with van der Waals surface area (Å²) in [6.45, 7) is 0. The Morgan fingerprint density at radius 3 is 2.30 bits per heavy atom. The molecule has 1 aliphatic heterocycles. The summed E-state index contributed by atoms with van der Waals surface area (Å²) in [7, 11) is 0. The number of fused-ring (bicyclic) bond motifs is 1. The van der Waals surface area contributed by atoms with Crippen molar-refractivity contribution in [3.05, 3.63) is 33.8 Å². The van der Waals surface area contributed by atoms with Crippen molar-refractivity contribution in [3.8, 4) is 0 Å². The van der Waals surface area contributed by atoms with Crippen molar-refractivity contribution in [2.24, 2.45) is 0 Å². The standard InChI is InChI=1S/C12H8BrNO6/c13-5-1-2-6-7(3-5)11(18)14(10(6)17)8(12(19)20)4-9(15)16/h1-3,8H,4H2,(H,15,16)(H,19,20)/t8-/m1/s1. The van der Waals surface area contributed by atoms with Gasteiger partial charge in [0.15, 0.2) is 0 Å². The second kappa shape index (κ2) is 5.04. The molecule has 0 spiro atoms. The maximum atomic E-state index is 12.1. The van der Waals surface area contributed by atoms with Gasteiger partial charge < -0.3 is 10.2 Å². The van der Waals surface area contributed by atoms with Gasteiger partial charge in [0.1, 0.15) is 6.04 Å². The summed E-state index contributed by atoms with van der Waals surface area (Å²) >= 11 is 3.15. The van der Waals surface area contributed by atoms with Crippen LogP contribution in [-0.4, -0.2) is 44.9 Å². The molecular formula is C12H8BrNO6. The number of halogens is 1. The number of imide groups is 1. The van der Waals surface area contributed by atoms with Crippen molar-refractivity contribution >= 4 is 39.7 Å². The Balaban J connectivity index is 2.45. The summed E-state index contributed by atoms with van der Waals surface area (Å²) in [6.07, 6.45) is -0.845. The first-order chi connectivity index (χ1) is 9.32. The van der Waals surface area contributed by atoms with Crippen LogP contribution in [0.3, 0.4) is 0 Å². The van der Waals surface area contributed by atoms with E-state index in [2.05, 4.69) is 15.9 Å². The summed E-state index contributed by atoms with van der Waals surface area (Å²) < 4.78 is 0.560. The SMILES string of the molecule is O=C(O)C[C@H](C(=O)O)N1C(=O)c2ccc(Br)cc2C1=O. The Morgan fingerprint density at radius 2 is 1.75 bits per heavy atom. The minimum atomic E-state index is -1.72. The first kappa shape index (κ1) is 14.2. The van der Waals surface area contributed by atoms with E-state index in [1.54, 1.807) is 6.07 Å². The van der Waals surface area contributed by atoms with E-state index in [9.17, 15) is 19.2 Å². The largest absolute Gasteiger partial charge is 0.481 e. The van der Waals surface area contributed by atoms with E-state index in [-0.39, 0.29) is 11.1 Å². The number of benzene rings is 1. The number of carbonyl (C=O) groups is 4. The second-order valence-corrected chi connectivity index (χ2v) is 5.04. The number of rotatable bonds is 4. The predicted octanol–water partition coefficient (Wildman–Crippen LogP) is 0.973. The number of hydrogen-bond donors (Lipinski definition) is 2. The smallest absolute Gasteiger partial charge is 0.327 e. The van der Waals surface area contributed by atoms with Crippen molar-refractivity contribution in [1.82, 2.24) is 4.90 Å². The Labute approximate surface area is 120 Å². The molecule has 0 unspecified atom stereocenters. The third kappa shape index (κ3) is 2.29. The number of amides is 2. The highest BCUT2D eigenvalue weighted by Crippen LogP contribution is 2.28. The topological polar surface area (TPSA) is 112 Å². The fourth-order valence-corrected chi connectivity index (χ4v) is 2.33. The van der Waals surface area contributed by atoms with Crippen LogP contribution < -0.4 is 0 Å². The summed E-state index contributed by atoms with van der Waals surface area (Å²) in [5.41, 5.74) is 0.121. The number of hydrogen-bond acceptors (Lipinski definition) is 4. The third-order valence-corrected chi connectivity index (χ3v) is 3.34. The first-order valence-corrected chi connectivity index (χ1v) is 6.24. The molecule has 0 fully saturated rings. The molecule has 20 heavy (non-hydrogen) atoms. The zero-order chi connectivity index (χ0) is 15.0. The zero-order valence-corrected chi connectivity index (χ0v) is 11.5. The molecule has 1 aliphatic rings. The van der Waals surface area contributed by atoms with Gasteiger partial charge in [-0.3, -0.25) is 19.3 Å². The van der Waals surface area contributed by atoms with Gasteiger partial charge in [-0.2, -0.15) is 0 Å². The maximum absolute atomic E-state index is 12.1. The molecule has 2 amide bonds. The van der Waals surface area contributed by atoms with Crippen molar-refractivity contribution in [1.29, 1.82) is 0 Å². The van der Waals surface area contributed by atoms with Crippen LogP contribution in [-0.2, 0) is 9.59 Å². The summed E-state index contributed by atoms with van der Waals surface area (Å²) in [5.74, 6) is -4.55. The Bertz CT molecular complexity index is 641. The zero-order valence-electron chi connectivity index (χ0n) is 9.87. The van der Waals surface area contributed by atoms with Crippen LogP contribution in [0.4, 0.5) is 0 Å². The second-order valence-electron chi connectivity index (χ2n) is 4.12. The quantitative estimate of drug-likeness (QED) is 0.789. The normalized spacial score (nSPS) is 15.2. The average molecular weight is 342 g/mol. The van der Waals surface area contributed by atoms with Crippen LogP contribution in [0.2, 0.25) is 0 Å². The Kier molecular flexibility index (Phi) is 3.58. The number of nitrogens with zero attached hydrogens (tertiary/aromatic N) is 1. The van der Waals surface area contributed by atoms with Crippen LogP contribution in [0.25, 0.3) is 0 Å². The average Bonchev–Trinajstić information content (AvgIpc) is 2.58. The van der Waals surface area contributed by atoms with E-state index < -0.39 is 36.2 Å². The maximum Gasteiger partial charge on any atom is 0.327 e. The van der Waals surface area contributed by atoms with Gasteiger partial charge in [-0.25, -0.2) is 4.79 Å². The number of carboxylic acids is 2. The lowest BCUT2D eigenvalue weighted by molar-refractivity contribution is -0.147. The van der Waals surface area contributed by atoms with Gasteiger partial charge in [0.05, 0.1) is 17.5 Å². The molecule has 0 aliphatic carbocycles. The number of carboxylic acid groups (broad SMARTS) is 2. The molecule has 1 aromatic carbocycles. The van der Waals surface area contributed by atoms with Gasteiger partial charge in [-0.15, -0.1) is 0 Å².